The van der Waals surface area contributed by atoms with E-state index in [1.165, 1.54) is 0 Å². The van der Waals surface area contributed by atoms with Gasteiger partial charge in [-0.3, -0.25) is 4.79 Å². The summed E-state index contributed by atoms with van der Waals surface area (Å²) in [5, 5.41) is 9.44. The highest BCUT2D eigenvalue weighted by molar-refractivity contribution is 5.76. The summed E-state index contributed by atoms with van der Waals surface area (Å²) in [6, 6.07) is 2.22. The number of hydrogen-bond acceptors (Lipinski definition) is 3. The van der Waals surface area contributed by atoms with E-state index in [1.54, 1.807) is 6.92 Å². The molecule has 0 spiro atoms. The molecule has 0 aliphatic carbocycles. The van der Waals surface area contributed by atoms with Crippen LogP contribution >= 0.6 is 0 Å². The van der Waals surface area contributed by atoms with Crippen molar-refractivity contribution in [1.29, 1.82) is 5.26 Å². The number of nitriles is 1. The molecule has 0 aliphatic rings. The summed E-state index contributed by atoms with van der Waals surface area (Å²) < 4.78 is 5.10. The van der Waals surface area contributed by atoms with Crippen molar-refractivity contribution >= 4 is 5.97 Å². The molecule has 0 amide bonds. The maximum Gasteiger partial charge on any atom is 0.323 e. The molecule has 0 rings (SSSR count). The lowest BCUT2D eigenvalue weighted by Gasteiger charge is -2.35. The van der Waals surface area contributed by atoms with E-state index in [-0.39, 0.29) is 11.4 Å². The molecular weight excluding hydrogens is 238 g/mol. The number of ether oxygens (including phenoxy) is 1. The minimum absolute atomic E-state index is 0.201. The summed E-state index contributed by atoms with van der Waals surface area (Å²) in [7, 11) is 0. The molecule has 0 aromatic rings. The van der Waals surface area contributed by atoms with E-state index in [9.17, 15) is 10.1 Å². The molecule has 0 N–H and O–H groups in total. The SMILES string of the molecule is CCCCC(CC)(CCCC)C(C#N)C(=O)OCC. The number of unbranched alkanes of at least 4 members (excludes halogenated alkanes) is 2. The number of rotatable bonds is 10. The minimum atomic E-state index is -0.615. The monoisotopic (exact) mass is 267 g/mol. The standard InChI is InChI=1S/C16H29NO2/c1-5-9-11-16(7-3,12-10-6-2)14(13-17)15(18)19-8-4/h14H,5-12H2,1-4H3. The van der Waals surface area contributed by atoms with Gasteiger partial charge in [-0.1, -0.05) is 46.5 Å². The molecule has 19 heavy (non-hydrogen) atoms. The van der Waals surface area contributed by atoms with Gasteiger partial charge in [0.05, 0.1) is 12.7 Å². The largest absolute Gasteiger partial charge is 0.465 e. The maximum atomic E-state index is 12.1. The number of esters is 1. The van der Waals surface area contributed by atoms with Crippen LogP contribution in [0, 0.1) is 22.7 Å². The van der Waals surface area contributed by atoms with Crippen LogP contribution in [0.1, 0.15) is 72.6 Å². The molecule has 0 saturated heterocycles. The van der Waals surface area contributed by atoms with Crippen LogP contribution in [0.4, 0.5) is 0 Å². The van der Waals surface area contributed by atoms with Gasteiger partial charge in [-0.15, -0.1) is 0 Å². The zero-order valence-electron chi connectivity index (χ0n) is 13.0. The van der Waals surface area contributed by atoms with Crippen LogP contribution < -0.4 is 0 Å². The zero-order chi connectivity index (χ0) is 14.7. The summed E-state index contributed by atoms with van der Waals surface area (Å²) >= 11 is 0. The Morgan fingerprint density at radius 3 is 2.00 bits per heavy atom. The molecule has 0 heterocycles. The molecule has 1 atom stereocenters. The Labute approximate surface area is 118 Å². The first-order valence-corrected chi connectivity index (χ1v) is 7.68. The second kappa shape index (κ2) is 9.83. The lowest BCUT2D eigenvalue weighted by molar-refractivity contribution is -0.150. The Morgan fingerprint density at radius 1 is 1.16 bits per heavy atom. The molecule has 0 aromatic heterocycles. The van der Waals surface area contributed by atoms with E-state index in [2.05, 4.69) is 26.8 Å². The van der Waals surface area contributed by atoms with Gasteiger partial charge in [0.2, 0.25) is 0 Å². The Hall–Kier alpha value is -1.04. The Kier molecular flexibility index (Phi) is 9.30. The highest BCUT2D eigenvalue weighted by atomic mass is 16.5. The smallest absolute Gasteiger partial charge is 0.323 e. The average molecular weight is 267 g/mol. The second-order valence-corrected chi connectivity index (χ2v) is 5.24. The summed E-state index contributed by atoms with van der Waals surface area (Å²) in [6.07, 6.45) is 7.06. The first kappa shape index (κ1) is 18.0. The second-order valence-electron chi connectivity index (χ2n) is 5.24. The number of carbonyl (C=O) groups is 1. The molecule has 3 nitrogen and oxygen atoms in total. The number of nitrogens with zero attached hydrogens (tertiary/aromatic N) is 1. The normalized spacial score (nSPS) is 12.8. The number of hydrogen-bond donors (Lipinski definition) is 0. The van der Waals surface area contributed by atoms with E-state index in [0.29, 0.717) is 6.61 Å². The fourth-order valence-corrected chi connectivity index (χ4v) is 2.69. The first-order valence-electron chi connectivity index (χ1n) is 7.68. The van der Waals surface area contributed by atoms with Crippen molar-refractivity contribution < 1.29 is 9.53 Å². The summed E-state index contributed by atoms with van der Waals surface area (Å²) in [4.78, 5) is 12.1. The summed E-state index contributed by atoms with van der Waals surface area (Å²) in [5.74, 6) is -0.949. The molecule has 0 aliphatic heterocycles. The molecule has 0 bridgehead atoms. The van der Waals surface area contributed by atoms with Gasteiger partial charge in [-0.05, 0) is 31.6 Å². The van der Waals surface area contributed by atoms with E-state index in [1.807, 2.05) is 0 Å². The van der Waals surface area contributed by atoms with E-state index < -0.39 is 5.92 Å². The fourth-order valence-electron chi connectivity index (χ4n) is 2.69. The quantitative estimate of drug-likeness (QED) is 0.549. The topological polar surface area (TPSA) is 50.1 Å². The molecule has 0 fully saturated rings. The lowest BCUT2D eigenvalue weighted by Crippen LogP contribution is -2.36. The number of carbonyl (C=O) groups excluding carboxylic acids is 1. The molecule has 110 valence electrons. The highest BCUT2D eigenvalue weighted by Gasteiger charge is 2.41. The van der Waals surface area contributed by atoms with E-state index in [0.717, 1.165) is 44.9 Å². The Bertz CT molecular complexity index is 286. The van der Waals surface area contributed by atoms with Gasteiger partial charge in [0.15, 0.2) is 0 Å². The van der Waals surface area contributed by atoms with Crippen molar-refractivity contribution in [3.8, 4) is 6.07 Å². The van der Waals surface area contributed by atoms with Crippen molar-refractivity contribution in [2.75, 3.05) is 6.61 Å². The maximum absolute atomic E-state index is 12.1. The van der Waals surface area contributed by atoms with Crippen molar-refractivity contribution in [2.45, 2.75) is 72.6 Å². The predicted molar refractivity (Wildman–Crippen MR) is 77.5 cm³/mol. The van der Waals surface area contributed by atoms with Crippen LogP contribution in [0.15, 0.2) is 0 Å². The first-order chi connectivity index (χ1) is 9.11. The van der Waals surface area contributed by atoms with Crippen LogP contribution in [0.5, 0.6) is 0 Å². The van der Waals surface area contributed by atoms with Crippen molar-refractivity contribution in [2.24, 2.45) is 11.3 Å². The average Bonchev–Trinajstić information content (AvgIpc) is 2.42. The van der Waals surface area contributed by atoms with Crippen molar-refractivity contribution in [3.63, 3.8) is 0 Å². The van der Waals surface area contributed by atoms with E-state index >= 15 is 0 Å². The minimum Gasteiger partial charge on any atom is -0.465 e. The highest BCUT2D eigenvalue weighted by Crippen LogP contribution is 2.42. The molecule has 3 heteroatoms. The lowest BCUT2D eigenvalue weighted by atomic mass is 9.67. The van der Waals surface area contributed by atoms with Gasteiger partial charge in [0.1, 0.15) is 5.92 Å². The predicted octanol–water partition coefficient (Wildman–Crippen LogP) is 4.47. The van der Waals surface area contributed by atoms with Crippen LogP contribution in [0.2, 0.25) is 0 Å². The van der Waals surface area contributed by atoms with Gasteiger partial charge < -0.3 is 4.74 Å². The van der Waals surface area contributed by atoms with Crippen molar-refractivity contribution in [1.82, 2.24) is 0 Å². The zero-order valence-corrected chi connectivity index (χ0v) is 13.0. The molecule has 1 unspecified atom stereocenters. The third kappa shape index (κ3) is 5.22. The van der Waals surface area contributed by atoms with Crippen molar-refractivity contribution in [3.05, 3.63) is 0 Å². The summed E-state index contributed by atoms with van der Waals surface area (Å²) in [6.45, 7) is 8.52. The van der Waals surface area contributed by atoms with E-state index in [4.69, 9.17) is 4.74 Å². The van der Waals surface area contributed by atoms with Gasteiger partial charge in [0, 0.05) is 0 Å². The third-order valence-electron chi connectivity index (χ3n) is 4.02. The van der Waals surface area contributed by atoms with Crippen LogP contribution in [-0.2, 0) is 9.53 Å². The Balaban J connectivity index is 5.12. The third-order valence-corrected chi connectivity index (χ3v) is 4.02. The van der Waals surface area contributed by atoms with Gasteiger partial charge >= 0.3 is 5.97 Å². The van der Waals surface area contributed by atoms with Crippen LogP contribution in [-0.4, -0.2) is 12.6 Å². The molecule has 0 radical (unpaired) electrons. The van der Waals surface area contributed by atoms with Crippen LogP contribution in [0.25, 0.3) is 0 Å². The Morgan fingerprint density at radius 2 is 1.68 bits per heavy atom. The van der Waals surface area contributed by atoms with Gasteiger partial charge in [-0.2, -0.15) is 5.26 Å². The molecular formula is C16H29NO2. The molecule has 0 aromatic carbocycles. The summed E-state index contributed by atoms with van der Waals surface area (Å²) in [5.41, 5.74) is -0.201. The molecule has 0 saturated carbocycles. The van der Waals surface area contributed by atoms with Crippen LogP contribution in [0.3, 0.4) is 0 Å². The van der Waals surface area contributed by atoms with Gasteiger partial charge in [0.25, 0.3) is 0 Å². The fraction of sp³-hybridized carbons (Fsp3) is 0.875. The van der Waals surface area contributed by atoms with Gasteiger partial charge in [-0.25, -0.2) is 0 Å².